The van der Waals surface area contributed by atoms with Gasteiger partial charge in [-0.15, -0.1) is 0 Å². The highest BCUT2D eigenvalue weighted by Gasteiger charge is 2.16. The monoisotopic (exact) mass is 268 g/mol. The van der Waals surface area contributed by atoms with Crippen molar-refractivity contribution in [2.24, 2.45) is 5.73 Å². The molecule has 0 aromatic heterocycles. The van der Waals surface area contributed by atoms with Gasteiger partial charge in [-0.05, 0) is 32.0 Å². The van der Waals surface area contributed by atoms with Crippen LogP contribution in [0.3, 0.4) is 0 Å². The van der Waals surface area contributed by atoms with Crippen molar-refractivity contribution in [2.75, 3.05) is 18.6 Å². The van der Waals surface area contributed by atoms with E-state index < -0.39 is 16.7 Å². The Balaban J connectivity index is 2.86. The lowest BCUT2D eigenvalue weighted by Gasteiger charge is -2.19. The molecule has 0 bridgehead atoms. The summed E-state index contributed by atoms with van der Waals surface area (Å²) in [4.78, 5) is 10.7. The molecule has 0 saturated heterocycles. The summed E-state index contributed by atoms with van der Waals surface area (Å²) in [5.74, 6) is -0.212. The fourth-order valence-corrected chi connectivity index (χ4v) is 3.02. The number of hydrogen-bond donors (Lipinski definition) is 2. The molecule has 0 heterocycles. The van der Waals surface area contributed by atoms with Crippen LogP contribution in [0.25, 0.3) is 0 Å². The molecule has 0 radical (unpaired) electrons. The molecule has 1 amide bonds. The summed E-state index contributed by atoms with van der Waals surface area (Å²) >= 11 is 0. The third-order valence-electron chi connectivity index (χ3n) is 2.81. The second-order valence-electron chi connectivity index (χ2n) is 4.42. The van der Waals surface area contributed by atoms with Gasteiger partial charge in [0.2, 0.25) is 5.91 Å². The fourth-order valence-electron chi connectivity index (χ4n) is 1.87. The third kappa shape index (κ3) is 4.23. The third-order valence-corrected chi connectivity index (χ3v) is 4.13. The number of nitrogens with two attached hydrogens (primary N) is 1. The smallest absolute Gasteiger partial charge is 0.230 e. The van der Waals surface area contributed by atoms with E-state index in [4.69, 9.17) is 5.73 Å². The number of amides is 1. The zero-order valence-corrected chi connectivity index (χ0v) is 11.8. The first-order valence-corrected chi connectivity index (χ1v) is 7.30. The van der Waals surface area contributed by atoms with Crippen molar-refractivity contribution in [3.05, 3.63) is 34.9 Å². The van der Waals surface area contributed by atoms with E-state index in [9.17, 15) is 9.00 Å². The Bertz CT molecular complexity index is 460. The molecule has 18 heavy (non-hydrogen) atoms. The summed E-state index contributed by atoms with van der Waals surface area (Å²) in [6.07, 6.45) is 0. The van der Waals surface area contributed by atoms with Gasteiger partial charge in [-0.1, -0.05) is 23.8 Å². The van der Waals surface area contributed by atoms with Crippen LogP contribution in [0.2, 0.25) is 0 Å². The lowest BCUT2D eigenvalue weighted by molar-refractivity contribution is -0.115. The van der Waals surface area contributed by atoms with E-state index in [1.807, 2.05) is 33.0 Å². The summed E-state index contributed by atoms with van der Waals surface area (Å²) < 4.78 is 11.8. The number of aryl methyl sites for hydroxylation is 2. The minimum Gasteiger partial charge on any atom is -0.369 e. The Kier molecular flexibility index (Phi) is 5.50. The molecule has 3 N–H and O–H groups in total. The summed E-state index contributed by atoms with van der Waals surface area (Å²) in [5.41, 5.74) is 8.48. The molecule has 5 heteroatoms. The highest BCUT2D eigenvalue weighted by Crippen LogP contribution is 2.20. The predicted octanol–water partition coefficient (Wildman–Crippen LogP) is 0.798. The van der Waals surface area contributed by atoms with E-state index in [0.29, 0.717) is 5.75 Å². The van der Waals surface area contributed by atoms with Gasteiger partial charge in [-0.2, -0.15) is 0 Å². The zero-order valence-electron chi connectivity index (χ0n) is 11.0. The first-order chi connectivity index (χ1) is 8.43. The molecule has 0 aliphatic heterocycles. The Hall–Kier alpha value is -1.20. The lowest BCUT2D eigenvalue weighted by atomic mass is 10.0. The standard InChI is InChI=1S/C13H20N2O2S/c1-9-4-5-10(2)11(6-9)12(15-3)7-18(17)8-13(14)16/h4-6,12,15H,7-8H2,1-3H3,(H2,14,16). The summed E-state index contributed by atoms with van der Waals surface area (Å²) in [5, 5.41) is 3.15. The Labute approximate surface area is 110 Å². The van der Waals surface area contributed by atoms with E-state index >= 15 is 0 Å². The Morgan fingerprint density at radius 3 is 2.67 bits per heavy atom. The van der Waals surface area contributed by atoms with Gasteiger partial charge >= 0.3 is 0 Å². The second kappa shape index (κ2) is 6.66. The van der Waals surface area contributed by atoms with Crippen molar-refractivity contribution in [1.82, 2.24) is 5.32 Å². The van der Waals surface area contributed by atoms with Crippen LogP contribution in [0.5, 0.6) is 0 Å². The number of carbonyl (C=O) groups is 1. The van der Waals surface area contributed by atoms with Gasteiger partial charge in [-0.25, -0.2) is 0 Å². The van der Waals surface area contributed by atoms with Gasteiger partial charge in [0.1, 0.15) is 5.75 Å². The summed E-state index contributed by atoms with van der Waals surface area (Å²) in [6.45, 7) is 4.05. The van der Waals surface area contributed by atoms with Crippen molar-refractivity contribution < 1.29 is 9.00 Å². The van der Waals surface area contributed by atoms with Crippen LogP contribution in [0.1, 0.15) is 22.7 Å². The number of carbonyl (C=O) groups excluding carboxylic acids is 1. The Morgan fingerprint density at radius 2 is 2.11 bits per heavy atom. The molecule has 2 unspecified atom stereocenters. The molecule has 4 nitrogen and oxygen atoms in total. The van der Waals surface area contributed by atoms with Gasteiger partial charge in [0, 0.05) is 22.6 Å². The average Bonchev–Trinajstić information content (AvgIpc) is 2.28. The van der Waals surface area contributed by atoms with Gasteiger partial charge < -0.3 is 11.1 Å². The van der Waals surface area contributed by atoms with Crippen molar-refractivity contribution in [3.63, 3.8) is 0 Å². The highest BCUT2D eigenvalue weighted by molar-refractivity contribution is 7.85. The molecule has 0 fully saturated rings. The first kappa shape index (κ1) is 14.9. The zero-order chi connectivity index (χ0) is 13.7. The largest absolute Gasteiger partial charge is 0.369 e. The topological polar surface area (TPSA) is 72.2 Å². The number of nitrogens with one attached hydrogen (secondary N) is 1. The van der Waals surface area contributed by atoms with Crippen molar-refractivity contribution in [2.45, 2.75) is 19.9 Å². The van der Waals surface area contributed by atoms with E-state index in [1.165, 1.54) is 0 Å². The Morgan fingerprint density at radius 1 is 1.44 bits per heavy atom. The minimum absolute atomic E-state index is 0.0231. The van der Waals surface area contributed by atoms with Crippen molar-refractivity contribution >= 4 is 16.7 Å². The predicted molar refractivity (Wildman–Crippen MR) is 74.8 cm³/mol. The molecule has 100 valence electrons. The molecular formula is C13H20N2O2S. The van der Waals surface area contributed by atoms with Crippen molar-refractivity contribution in [3.8, 4) is 0 Å². The normalized spacial score (nSPS) is 14.2. The van der Waals surface area contributed by atoms with Crippen LogP contribution < -0.4 is 11.1 Å². The van der Waals surface area contributed by atoms with E-state index in [-0.39, 0.29) is 11.8 Å². The fraction of sp³-hybridized carbons (Fsp3) is 0.462. The van der Waals surface area contributed by atoms with Gasteiger partial charge in [0.25, 0.3) is 0 Å². The van der Waals surface area contributed by atoms with Crippen LogP contribution in [0, 0.1) is 13.8 Å². The molecule has 1 rings (SSSR count). The average molecular weight is 268 g/mol. The number of primary amides is 1. The number of benzene rings is 1. The van der Waals surface area contributed by atoms with Gasteiger partial charge in [0.15, 0.2) is 0 Å². The SMILES string of the molecule is CNC(CS(=O)CC(N)=O)c1cc(C)ccc1C. The van der Waals surface area contributed by atoms with Crippen LogP contribution in [0.4, 0.5) is 0 Å². The molecule has 0 spiro atoms. The van der Waals surface area contributed by atoms with Crippen LogP contribution in [-0.2, 0) is 15.6 Å². The maximum atomic E-state index is 11.8. The summed E-state index contributed by atoms with van der Waals surface area (Å²) in [7, 11) is 0.595. The molecule has 0 aliphatic carbocycles. The first-order valence-electron chi connectivity index (χ1n) is 5.81. The molecule has 1 aromatic carbocycles. The van der Waals surface area contributed by atoms with Crippen molar-refractivity contribution in [1.29, 1.82) is 0 Å². The highest BCUT2D eigenvalue weighted by atomic mass is 32.2. The maximum Gasteiger partial charge on any atom is 0.230 e. The number of hydrogen-bond acceptors (Lipinski definition) is 3. The molecule has 1 aromatic rings. The van der Waals surface area contributed by atoms with Crippen LogP contribution in [0.15, 0.2) is 18.2 Å². The quantitative estimate of drug-likeness (QED) is 0.801. The minimum atomic E-state index is -1.23. The maximum absolute atomic E-state index is 11.8. The van der Waals surface area contributed by atoms with E-state index in [0.717, 1.165) is 16.7 Å². The van der Waals surface area contributed by atoms with E-state index in [2.05, 4.69) is 11.4 Å². The second-order valence-corrected chi connectivity index (χ2v) is 5.92. The molecule has 2 atom stereocenters. The number of rotatable bonds is 6. The molecule has 0 saturated carbocycles. The van der Waals surface area contributed by atoms with Crippen LogP contribution in [-0.4, -0.2) is 28.7 Å². The molecular weight excluding hydrogens is 248 g/mol. The molecule has 0 aliphatic rings. The lowest BCUT2D eigenvalue weighted by Crippen LogP contribution is -2.28. The van der Waals surface area contributed by atoms with Gasteiger partial charge in [0.05, 0.1) is 0 Å². The van der Waals surface area contributed by atoms with Gasteiger partial charge in [-0.3, -0.25) is 9.00 Å². The van der Waals surface area contributed by atoms with Crippen LogP contribution >= 0.6 is 0 Å². The summed E-state index contributed by atoms with van der Waals surface area (Å²) in [6, 6.07) is 6.15. The van der Waals surface area contributed by atoms with E-state index in [1.54, 1.807) is 0 Å².